The van der Waals surface area contributed by atoms with E-state index in [-0.39, 0.29) is 17.6 Å². The second kappa shape index (κ2) is 5.85. The van der Waals surface area contributed by atoms with Crippen molar-refractivity contribution in [3.8, 4) is 0 Å². The summed E-state index contributed by atoms with van der Waals surface area (Å²) in [5, 5.41) is 2.93. The minimum atomic E-state index is -0.782. The number of anilines is 1. The molecule has 4 nitrogen and oxygen atoms in total. The first-order valence-electron chi connectivity index (χ1n) is 8.57. The number of amides is 1. The molecule has 24 heavy (non-hydrogen) atoms. The normalized spacial score (nSPS) is 22.3. The number of hydrogen-bond acceptors (Lipinski definition) is 3. The number of hydrogen-bond donors (Lipinski definition) is 1. The van der Waals surface area contributed by atoms with Gasteiger partial charge in [0.15, 0.2) is 0 Å². The van der Waals surface area contributed by atoms with Gasteiger partial charge in [-0.05, 0) is 65.2 Å². The summed E-state index contributed by atoms with van der Waals surface area (Å²) in [7, 11) is -0.782. The van der Waals surface area contributed by atoms with E-state index in [0.717, 1.165) is 19.3 Å². The van der Waals surface area contributed by atoms with Crippen molar-refractivity contribution in [3.63, 3.8) is 0 Å². The summed E-state index contributed by atoms with van der Waals surface area (Å²) in [6.07, 6.45) is 2.95. The highest BCUT2D eigenvalue weighted by molar-refractivity contribution is 6.62. The third kappa shape index (κ3) is 2.97. The highest BCUT2D eigenvalue weighted by atomic mass is 19.1. The number of rotatable bonds is 3. The third-order valence-corrected chi connectivity index (χ3v) is 5.58. The van der Waals surface area contributed by atoms with Gasteiger partial charge >= 0.3 is 7.12 Å². The van der Waals surface area contributed by atoms with Crippen LogP contribution in [0.5, 0.6) is 0 Å². The molecule has 1 amide bonds. The van der Waals surface area contributed by atoms with Gasteiger partial charge in [0.1, 0.15) is 5.82 Å². The second-order valence-electron chi connectivity index (χ2n) is 7.89. The lowest BCUT2D eigenvalue weighted by molar-refractivity contribution is -0.122. The van der Waals surface area contributed by atoms with E-state index in [1.165, 1.54) is 6.07 Å². The van der Waals surface area contributed by atoms with Crippen molar-refractivity contribution in [2.24, 2.45) is 5.92 Å². The summed E-state index contributed by atoms with van der Waals surface area (Å²) < 4.78 is 26.4. The van der Waals surface area contributed by atoms with Gasteiger partial charge in [-0.25, -0.2) is 4.39 Å². The summed E-state index contributed by atoms with van der Waals surface area (Å²) in [5.41, 5.74) is 0.566. The number of benzene rings is 1. The summed E-state index contributed by atoms with van der Waals surface area (Å²) in [4.78, 5) is 12.2. The molecule has 3 rings (SSSR count). The lowest BCUT2D eigenvalue weighted by atomic mass is 9.77. The summed E-state index contributed by atoms with van der Waals surface area (Å²) in [6, 6.07) is 3.07. The van der Waals surface area contributed by atoms with Crippen LogP contribution in [0.2, 0.25) is 0 Å². The van der Waals surface area contributed by atoms with Crippen LogP contribution in [-0.4, -0.2) is 24.2 Å². The SMILES string of the molecule is Cc1cc(F)c(B2OC(C)(C)C(C)(C)O2)cc1NC(=O)C1CCC1. The molecule has 1 aromatic carbocycles. The molecular formula is C18H25BFNO3. The van der Waals surface area contributed by atoms with Gasteiger partial charge in [-0.2, -0.15) is 0 Å². The van der Waals surface area contributed by atoms with Crippen LogP contribution in [0.1, 0.15) is 52.5 Å². The maximum Gasteiger partial charge on any atom is 0.497 e. The van der Waals surface area contributed by atoms with Crippen molar-refractivity contribution in [1.82, 2.24) is 0 Å². The number of halogens is 1. The molecule has 0 atom stereocenters. The Morgan fingerprint density at radius 1 is 1.21 bits per heavy atom. The number of carbonyl (C=O) groups is 1. The van der Waals surface area contributed by atoms with Crippen molar-refractivity contribution in [2.75, 3.05) is 5.32 Å². The first-order valence-corrected chi connectivity index (χ1v) is 8.57. The topological polar surface area (TPSA) is 47.6 Å². The van der Waals surface area contributed by atoms with Crippen LogP contribution in [0, 0.1) is 18.7 Å². The number of carbonyl (C=O) groups excluding carboxylic acids is 1. The molecule has 6 heteroatoms. The molecular weight excluding hydrogens is 308 g/mol. The molecule has 0 unspecified atom stereocenters. The van der Waals surface area contributed by atoms with Gasteiger partial charge in [-0.1, -0.05) is 6.42 Å². The van der Waals surface area contributed by atoms with Crippen LogP contribution in [0.25, 0.3) is 0 Å². The molecule has 1 aliphatic heterocycles. The molecule has 1 N–H and O–H groups in total. The summed E-state index contributed by atoms with van der Waals surface area (Å²) >= 11 is 0. The largest absolute Gasteiger partial charge is 0.497 e. The molecule has 1 saturated heterocycles. The molecule has 0 spiro atoms. The number of nitrogens with one attached hydrogen (secondary N) is 1. The van der Waals surface area contributed by atoms with E-state index in [4.69, 9.17) is 9.31 Å². The minimum absolute atomic E-state index is 0.0100. The smallest absolute Gasteiger partial charge is 0.399 e. The lowest BCUT2D eigenvalue weighted by Gasteiger charge is -2.32. The predicted octanol–water partition coefficient (Wildman–Crippen LogP) is 3.17. The molecule has 0 radical (unpaired) electrons. The van der Waals surface area contributed by atoms with E-state index in [2.05, 4.69) is 5.32 Å². The predicted molar refractivity (Wildman–Crippen MR) is 92.8 cm³/mol. The fourth-order valence-corrected chi connectivity index (χ4v) is 2.88. The Labute approximate surface area is 143 Å². The molecule has 2 aliphatic rings. The molecule has 2 fully saturated rings. The van der Waals surface area contributed by atoms with Gasteiger partial charge in [-0.15, -0.1) is 0 Å². The first kappa shape index (κ1) is 17.4. The minimum Gasteiger partial charge on any atom is -0.399 e. The Hall–Kier alpha value is -1.40. The van der Waals surface area contributed by atoms with Crippen LogP contribution in [0.15, 0.2) is 12.1 Å². The summed E-state index contributed by atoms with van der Waals surface area (Å²) in [5.74, 6) is -0.293. The zero-order chi connectivity index (χ0) is 17.7. The maximum atomic E-state index is 14.5. The average molecular weight is 333 g/mol. The van der Waals surface area contributed by atoms with Gasteiger partial charge in [0.2, 0.25) is 5.91 Å². The Morgan fingerprint density at radius 3 is 2.29 bits per heavy atom. The molecule has 0 bridgehead atoms. The third-order valence-electron chi connectivity index (χ3n) is 5.58. The highest BCUT2D eigenvalue weighted by Crippen LogP contribution is 2.37. The zero-order valence-corrected chi connectivity index (χ0v) is 15.0. The Morgan fingerprint density at radius 2 is 1.79 bits per heavy atom. The van der Waals surface area contributed by atoms with E-state index in [0.29, 0.717) is 16.7 Å². The van der Waals surface area contributed by atoms with E-state index < -0.39 is 18.3 Å². The standard InChI is InChI=1S/C18H25BFNO3/c1-11-9-14(20)13(19-23-17(2,3)18(4,5)24-19)10-15(11)21-16(22)12-7-6-8-12/h9-10,12H,6-8H2,1-5H3,(H,21,22). The van der Waals surface area contributed by atoms with Crippen molar-refractivity contribution >= 4 is 24.2 Å². The van der Waals surface area contributed by atoms with Gasteiger partial charge < -0.3 is 14.6 Å². The van der Waals surface area contributed by atoms with Crippen molar-refractivity contribution in [3.05, 3.63) is 23.5 Å². The van der Waals surface area contributed by atoms with Crippen molar-refractivity contribution in [1.29, 1.82) is 0 Å². The maximum absolute atomic E-state index is 14.5. The second-order valence-corrected chi connectivity index (χ2v) is 7.89. The molecule has 130 valence electrons. The van der Waals surface area contributed by atoms with Crippen LogP contribution >= 0.6 is 0 Å². The molecule has 0 aromatic heterocycles. The number of aryl methyl sites for hydroxylation is 1. The summed E-state index contributed by atoms with van der Waals surface area (Å²) in [6.45, 7) is 9.50. The Kier molecular flexibility index (Phi) is 4.25. The fourth-order valence-electron chi connectivity index (χ4n) is 2.88. The van der Waals surface area contributed by atoms with Gasteiger partial charge in [0.25, 0.3) is 0 Å². The quantitative estimate of drug-likeness (QED) is 0.865. The van der Waals surface area contributed by atoms with Crippen molar-refractivity contribution in [2.45, 2.75) is 65.1 Å². The van der Waals surface area contributed by atoms with Gasteiger partial charge in [-0.3, -0.25) is 4.79 Å². The average Bonchev–Trinajstić information content (AvgIpc) is 2.59. The van der Waals surface area contributed by atoms with Crippen LogP contribution in [0.4, 0.5) is 10.1 Å². The Balaban J connectivity index is 1.86. The molecule has 1 aliphatic carbocycles. The van der Waals surface area contributed by atoms with Crippen LogP contribution in [0.3, 0.4) is 0 Å². The van der Waals surface area contributed by atoms with Crippen LogP contribution in [-0.2, 0) is 14.1 Å². The van der Waals surface area contributed by atoms with Crippen molar-refractivity contribution < 1.29 is 18.5 Å². The van der Waals surface area contributed by atoms with E-state index >= 15 is 0 Å². The van der Waals surface area contributed by atoms with Gasteiger partial charge in [0.05, 0.1) is 11.2 Å². The molecule has 1 aromatic rings. The van der Waals surface area contributed by atoms with Gasteiger partial charge in [0, 0.05) is 17.1 Å². The van der Waals surface area contributed by atoms with Crippen LogP contribution < -0.4 is 10.8 Å². The Bertz CT molecular complexity index is 654. The van der Waals surface area contributed by atoms with E-state index in [1.807, 2.05) is 27.7 Å². The molecule has 1 saturated carbocycles. The molecule has 1 heterocycles. The van der Waals surface area contributed by atoms with E-state index in [9.17, 15) is 9.18 Å². The fraction of sp³-hybridized carbons (Fsp3) is 0.611. The monoisotopic (exact) mass is 333 g/mol. The highest BCUT2D eigenvalue weighted by Gasteiger charge is 2.52. The van der Waals surface area contributed by atoms with E-state index in [1.54, 1.807) is 13.0 Å². The first-order chi connectivity index (χ1) is 11.1. The zero-order valence-electron chi connectivity index (χ0n) is 15.0. The lowest BCUT2D eigenvalue weighted by Crippen LogP contribution is -2.41.